The molecule has 21 heavy (non-hydrogen) atoms. The zero-order valence-electron chi connectivity index (χ0n) is 11.4. The molecule has 0 fully saturated rings. The lowest BCUT2D eigenvalue weighted by atomic mass is 10.1. The molecular formula is C15H14N4O2. The smallest absolute Gasteiger partial charge is 0.257 e. The van der Waals surface area contributed by atoms with Crippen LogP contribution in [0.3, 0.4) is 0 Å². The maximum Gasteiger partial charge on any atom is 0.257 e. The summed E-state index contributed by atoms with van der Waals surface area (Å²) in [5.74, 6) is 1.27. The standard InChI is InChI=1S/C15H14N4O2/c1-2-4-11(5-3-1)15-16-14(18-21-15)9-19-7-6-13-12(8-19)10-20-17-13/h1-5,10H,6-9H2. The molecule has 106 valence electrons. The second-order valence-corrected chi connectivity index (χ2v) is 5.13. The molecule has 0 amide bonds. The molecule has 1 aliphatic heterocycles. The summed E-state index contributed by atoms with van der Waals surface area (Å²) in [4.78, 5) is 6.72. The zero-order valence-corrected chi connectivity index (χ0v) is 11.4. The largest absolute Gasteiger partial charge is 0.364 e. The molecule has 4 rings (SSSR count). The van der Waals surface area contributed by atoms with Gasteiger partial charge in [-0.25, -0.2) is 0 Å². The highest BCUT2D eigenvalue weighted by Crippen LogP contribution is 2.20. The van der Waals surface area contributed by atoms with Gasteiger partial charge in [0.05, 0.1) is 12.2 Å². The van der Waals surface area contributed by atoms with E-state index in [9.17, 15) is 0 Å². The first-order valence-corrected chi connectivity index (χ1v) is 6.91. The van der Waals surface area contributed by atoms with Crippen molar-refractivity contribution in [3.8, 4) is 11.5 Å². The summed E-state index contributed by atoms with van der Waals surface area (Å²) in [6, 6.07) is 9.79. The summed E-state index contributed by atoms with van der Waals surface area (Å²) < 4.78 is 10.3. The summed E-state index contributed by atoms with van der Waals surface area (Å²) >= 11 is 0. The second-order valence-electron chi connectivity index (χ2n) is 5.13. The van der Waals surface area contributed by atoms with Crippen LogP contribution >= 0.6 is 0 Å². The van der Waals surface area contributed by atoms with Crippen molar-refractivity contribution in [1.29, 1.82) is 0 Å². The average molecular weight is 282 g/mol. The summed E-state index contributed by atoms with van der Waals surface area (Å²) in [6.07, 6.45) is 2.61. The molecular weight excluding hydrogens is 268 g/mol. The molecule has 6 heteroatoms. The Morgan fingerprint density at radius 1 is 1.14 bits per heavy atom. The van der Waals surface area contributed by atoms with Crippen LogP contribution in [0.4, 0.5) is 0 Å². The maximum atomic E-state index is 5.33. The van der Waals surface area contributed by atoms with E-state index in [-0.39, 0.29) is 0 Å². The third-order valence-electron chi connectivity index (χ3n) is 3.64. The quantitative estimate of drug-likeness (QED) is 0.734. The molecule has 0 unspecified atom stereocenters. The van der Waals surface area contributed by atoms with Gasteiger partial charge >= 0.3 is 0 Å². The maximum absolute atomic E-state index is 5.33. The van der Waals surface area contributed by atoms with Crippen LogP contribution in [-0.2, 0) is 19.5 Å². The van der Waals surface area contributed by atoms with Crippen LogP contribution < -0.4 is 0 Å². The highest BCUT2D eigenvalue weighted by atomic mass is 16.5. The predicted octanol–water partition coefficient (Wildman–Crippen LogP) is 2.28. The number of fused-ring (bicyclic) bond motifs is 1. The number of benzene rings is 1. The van der Waals surface area contributed by atoms with E-state index in [1.165, 1.54) is 0 Å². The summed E-state index contributed by atoms with van der Waals surface area (Å²) in [6.45, 7) is 2.41. The van der Waals surface area contributed by atoms with Gasteiger partial charge in [0, 0.05) is 30.6 Å². The molecule has 0 bridgehead atoms. The molecule has 0 aliphatic carbocycles. The van der Waals surface area contributed by atoms with E-state index in [1.807, 2.05) is 30.3 Å². The van der Waals surface area contributed by atoms with E-state index in [0.717, 1.165) is 36.3 Å². The molecule has 3 heterocycles. The monoisotopic (exact) mass is 282 g/mol. The van der Waals surface area contributed by atoms with Crippen LogP contribution in [-0.4, -0.2) is 26.7 Å². The van der Waals surface area contributed by atoms with Gasteiger partial charge in [-0.1, -0.05) is 28.5 Å². The van der Waals surface area contributed by atoms with E-state index in [2.05, 4.69) is 20.2 Å². The van der Waals surface area contributed by atoms with Gasteiger partial charge in [0.15, 0.2) is 5.82 Å². The molecule has 0 spiro atoms. The molecule has 1 aromatic carbocycles. The normalized spacial score (nSPS) is 15.0. The van der Waals surface area contributed by atoms with Gasteiger partial charge < -0.3 is 9.05 Å². The Hall–Kier alpha value is -2.47. The summed E-state index contributed by atoms with van der Waals surface area (Å²) in [5, 5.41) is 8.05. The van der Waals surface area contributed by atoms with Crippen LogP contribution in [0.1, 0.15) is 17.1 Å². The fourth-order valence-electron chi connectivity index (χ4n) is 2.55. The first-order chi connectivity index (χ1) is 10.4. The lowest BCUT2D eigenvalue weighted by Gasteiger charge is -2.23. The third kappa shape index (κ3) is 2.45. The third-order valence-corrected chi connectivity index (χ3v) is 3.64. The first-order valence-electron chi connectivity index (χ1n) is 6.91. The highest BCUT2D eigenvalue weighted by Gasteiger charge is 2.21. The molecule has 0 atom stereocenters. The minimum Gasteiger partial charge on any atom is -0.364 e. The highest BCUT2D eigenvalue weighted by molar-refractivity contribution is 5.51. The Balaban J connectivity index is 1.48. The first kappa shape index (κ1) is 12.3. The molecule has 0 N–H and O–H groups in total. The van der Waals surface area contributed by atoms with Crippen molar-refractivity contribution in [2.75, 3.05) is 6.54 Å². The van der Waals surface area contributed by atoms with Gasteiger partial charge in [0.25, 0.3) is 5.89 Å². The van der Waals surface area contributed by atoms with Crippen molar-refractivity contribution in [3.05, 3.63) is 53.7 Å². The van der Waals surface area contributed by atoms with E-state index in [1.54, 1.807) is 6.26 Å². The number of aromatic nitrogens is 3. The van der Waals surface area contributed by atoms with Crippen LogP contribution in [0.15, 0.2) is 45.6 Å². The van der Waals surface area contributed by atoms with Gasteiger partial charge in [-0.05, 0) is 12.1 Å². The Morgan fingerprint density at radius 3 is 2.95 bits per heavy atom. The van der Waals surface area contributed by atoms with Gasteiger partial charge in [0.2, 0.25) is 0 Å². The molecule has 1 aliphatic rings. The SMILES string of the molecule is c1ccc(-c2nc(CN3CCc4nocc4C3)no2)cc1. The summed E-state index contributed by atoms with van der Waals surface area (Å²) in [5.41, 5.74) is 3.15. The van der Waals surface area contributed by atoms with Gasteiger partial charge in [-0.15, -0.1) is 0 Å². The van der Waals surface area contributed by atoms with Gasteiger partial charge in [0.1, 0.15) is 6.26 Å². The second kappa shape index (κ2) is 5.14. The molecule has 0 saturated carbocycles. The Morgan fingerprint density at radius 2 is 2.05 bits per heavy atom. The molecule has 3 aromatic rings. The Kier molecular flexibility index (Phi) is 3.01. The fourth-order valence-corrected chi connectivity index (χ4v) is 2.55. The number of hydrogen-bond donors (Lipinski definition) is 0. The van der Waals surface area contributed by atoms with Crippen molar-refractivity contribution in [1.82, 2.24) is 20.2 Å². The van der Waals surface area contributed by atoms with Gasteiger partial charge in [-0.2, -0.15) is 4.98 Å². The van der Waals surface area contributed by atoms with Crippen molar-refractivity contribution < 1.29 is 9.05 Å². The minimum atomic E-state index is 0.563. The van der Waals surface area contributed by atoms with Crippen LogP contribution in [0.25, 0.3) is 11.5 Å². The van der Waals surface area contributed by atoms with Crippen LogP contribution in [0.5, 0.6) is 0 Å². The number of rotatable bonds is 3. The number of nitrogens with zero attached hydrogens (tertiary/aromatic N) is 4. The Labute approximate surface area is 121 Å². The van der Waals surface area contributed by atoms with Crippen molar-refractivity contribution >= 4 is 0 Å². The van der Waals surface area contributed by atoms with E-state index < -0.39 is 0 Å². The fraction of sp³-hybridized carbons (Fsp3) is 0.267. The van der Waals surface area contributed by atoms with Crippen LogP contribution in [0, 0.1) is 0 Å². The molecule has 6 nitrogen and oxygen atoms in total. The topological polar surface area (TPSA) is 68.2 Å². The lowest BCUT2D eigenvalue weighted by Crippen LogP contribution is -2.30. The van der Waals surface area contributed by atoms with E-state index in [4.69, 9.17) is 9.05 Å². The minimum absolute atomic E-state index is 0.563. The number of hydrogen-bond acceptors (Lipinski definition) is 6. The lowest BCUT2D eigenvalue weighted by molar-refractivity contribution is 0.235. The molecule has 0 saturated heterocycles. The van der Waals surface area contributed by atoms with Crippen LogP contribution in [0.2, 0.25) is 0 Å². The van der Waals surface area contributed by atoms with Crippen molar-refractivity contribution in [2.45, 2.75) is 19.5 Å². The van der Waals surface area contributed by atoms with E-state index >= 15 is 0 Å². The molecule has 0 radical (unpaired) electrons. The molecule has 2 aromatic heterocycles. The predicted molar refractivity (Wildman–Crippen MR) is 74.1 cm³/mol. The Bertz CT molecular complexity index is 735. The average Bonchev–Trinajstić information content (AvgIpc) is 3.17. The zero-order chi connectivity index (χ0) is 14.1. The van der Waals surface area contributed by atoms with E-state index in [0.29, 0.717) is 18.3 Å². The van der Waals surface area contributed by atoms with Gasteiger partial charge in [-0.3, -0.25) is 4.90 Å². The van der Waals surface area contributed by atoms with Crippen molar-refractivity contribution in [2.24, 2.45) is 0 Å². The summed E-state index contributed by atoms with van der Waals surface area (Å²) in [7, 11) is 0. The van der Waals surface area contributed by atoms with Crippen molar-refractivity contribution in [3.63, 3.8) is 0 Å².